The molecule has 186 valence electrons. The normalized spacial score (nSPS) is 18.1. The zero-order valence-corrected chi connectivity index (χ0v) is 22.6. The van der Waals surface area contributed by atoms with E-state index in [1.54, 1.807) is 30.7 Å². The summed E-state index contributed by atoms with van der Waals surface area (Å²) in [5, 5.41) is 10.4. The second-order valence-corrected chi connectivity index (χ2v) is 10.4. The largest absolute Gasteiger partial charge is 0.350 e. The van der Waals surface area contributed by atoms with E-state index in [9.17, 15) is 9.59 Å². The van der Waals surface area contributed by atoms with Crippen LogP contribution in [0.25, 0.3) is 11.0 Å². The topological polar surface area (TPSA) is 88.1 Å². The number of pyridine rings is 1. The summed E-state index contributed by atoms with van der Waals surface area (Å²) in [4.78, 5) is 30.8. The Kier molecular flexibility index (Phi) is 10.5. The van der Waals surface area contributed by atoms with Gasteiger partial charge >= 0.3 is 0 Å². The van der Waals surface area contributed by atoms with Crippen LogP contribution in [0.1, 0.15) is 23.8 Å². The number of hydrogen-bond acceptors (Lipinski definition) is 5. The van der Waals surface area contributed by atoms with Crippen molar-refractivity contribution in [3.8, 4) is 0 Å². The molecule has 1 fully saturated rings. The number of nitrogens with zero attached hydrogens (tertiary/aromatic N) is 2. The first kappa shape index (κ1) is 28.7. The highest BCUT2D eigenvalue weighted by Gasteiger charge is 2.31. The van der Waals surface area contributed by atoms with Crippen molar-refractivity contribution < 1.29 is 9.59 Å². The van der Waals surface area contributed by atoms with Crippen molar-refractivity contribution in [1.82, 2.24) is 25.5 Å². The number of rotatable bonds is 7. The Hall–Kier alpha value is -1.55. The number of carbonyl (C=O) groups is 2. The van der Waals surface area contributed by atoms with Crippen molar-refractivity contribution in [3.63, 3.8) is 0 Å². The molecule has 3 atom stereocenters. The lowest BCUT2D eigenvalue weighted by Gasteiger charge is -2.17. The third-order valence-electron chi connectivity index (χ3n) is 5.70. The summed E-state index contributed by atoms with van der Waals surface area (Å²) in [6.07, 6.45) is 5.15. The molecule has 2 amide bonds. The molecule has 4 rings (SSSR count). The highest BCUT2D eigenvalue weighted by atomic mass is 35.5. The van der Waals surface area contributed by atoms with Crippen LogP contribution in [0, 0.1) is 5.92 Å². The molecule has 0 aliphatic carbocycles. The molecule has 0 aromatic carbocycles. The Morgan fingerprint density at radius 2 is 2.09 bits per heavy atom. The van der Waals surface area contributed by atoms with Gasteiger partial charge in [-0.25, -0.2) is 4.98 Å². The molecule has 3 aromatic rings. The molecule has 34 heavy (non-hydrogen) atoms. The zero-order chi connectivity index (χ0) is 22.8. The van der Waals surface area contributed by atoms with E-state index in [1.165, 1.54) is 4.88 Å². The van der Waals surface area contributed by atoms with E-state index < -0.39 is 6.04 Å². The summed E-state index contributed by atoms with van der Waals surface area (Å²) in [6, 6.07) is 4.91. The Labute approximate surface area is 224 Å². The lowest BCUT2D eigenvalue weighted by Crippen LogP contribution is -2.49. The van der Waals surface area contributed by atoms with E-state index in [-0.39, 0.29) is 42.7 Å². The van der Waals surface area contributed by atoms with Crippen LogP contribution < -0.4 is 16.0 Å². The maximum atomic E-state index is 12.6. The average Bonchev–Trinajstić information content (AvgIpc) is 3.46. The number of hydrogen-bond donors (Lipinski definition) is 3. The fraction of sp³-hybridized carbons (Fsp3) is 0.409. The highest BCUT2D eigenvalue weighted by Crippen LogP contribution is 2.27. The molecule has 1 aliphatic heterocycles. The van der Waals surface area contributed by atoms with Gasteiger partial charge in [0.05, 0.1) is 15.4 Å². The van der Waals surface area contributed by atoms with Gasteiger partial charge in [0.2, 0.25) is 11.8 Å². The van der Waals surface area contributed by atoms with Crippen molar-refractivity contribution in [3.05, 3.63) is 50.4 Å². The Balaban J connectivity index is 0.00000204. The number of halogens is 4. The summed E-state index contributed by atoms with van der Waals surface area (Å²) in [5.41, 5.74) is 1.63. The number of aryl methyl sites for hydroxylation is 1. The van der Waals surface area contributed by atoms with Crippen molar-refractivity contribution in [2.45, 2.75) is 38.4 Å². The van der Waals surface area contributed by atoms with Crippen LogP contribution >= 0.6 is 59.4 Å². The fourth-order valence-corrected chi connectivity index (χ4v) is 5.47. The summed E-state index contributed by atoms with van der Waals surface area (Å²) in [5.74, 6) is -0.0317. The van der Waals surface area contributed by atoms with Gasteiger partial charge in [-0.3, -0.25) is 9.59 Å². The van der Waals surface area contributed by atoms with Crippen LogP contribution in [0.15, 0.2) is 30.6 Å². The van der Waals surface area contributed by atoms with Gasteiger partial charge in [-0.2, -0.15) is 0 Å². The van der Waals surface area contributed by atoms with Crippen LogP contribution in [0.2, 0.25) is 9.36 Å². The summed E-state index contributed by atoms with van der Waals surface area (Å²) in [7, 11) is 1.88. The standard InChI is InChI=1S/C22H25Cl2N5O2S.2ClH/c1-12(21(30)27-10-14-6-16-17(23)11-29(2)20(16)26-9-14)28-22(31)18-7-13(8-25-18)5-15-3-4-19(24)32-15;;/h3-4,6,9,11-13,18,25H,5,7-8,10H2,1-2H3,(H,27,30)(H,28,31);2*1H/t12?,13-,18+;;/m0../s1. The third kappa shape index (κ3) is 6.77. The summed E-state index contributed by atoms with van der Waals surface area (Å²) >= 11 is 13.8. The third-order valence-corrected chi connectivity index (χ3v) is 7.25. The molecule has 1 unspecified atom stereocenters. The SMILES string of the molecule is CC(NC(=O)[C@H]1C[C@H](Cc2ccc(Cl)s2)CN1)C(=O)NCc1cnc2c(c1)c(Cl)cn2C.Cl.Cl. The van der Waals surface area contributed by atoms with Crippen molar-refractivity contribution in [1.29, 1.82) is 0 Å². The number of nitrogens with one attached hydrogen (secondary N) is 3. The first-order chi connectivity index (χ1) is 15.3. The Morgan fingerprint density at radius 3 is 2.79 bits per heavy atom. The van der Waals surface area contributed by atoms with E-state index in [2.05, 4.69) is 20.9 Å². The van der Waals surface area contributed by atoms with E-state index in [4.69, 9.17) is 23.2 Å². The molecule has 0 saturated carbocycles. The van der Waals surface area contributed by atoms with Crippen LogP contribution in [-0.4, -0.2) is 40.0 Å². The van der Waals surface area contributed by atoms with Crippen LogP contribution in [0.5, 0.6) is 0 Å². The van der Waals surface area contributed by atoms with E-state index in [1.807, 2.05) is 29.8 Å². The minimum absolute atomic E-state index is 0. The number of carbonyl (C=O) groups excluding carboxylic acids is 2. The number of amides is 2. The predicted octanol–water partition coefficient (Wildman–Crippen LogP) is 4.13. The lowest BCUT2D eigenvalue weighted by molar-refractivity contribution is -0.129. The number of fused-ring (bicyclic) bond motifs is 1. The number of aromatic nitrogens is 2. The van der Waals surface area contributed by atoms with E-state index >= 15 is 0 Å². The monoisotopic (exact) mass is 565 g/mol. The van der Waals surface area contributed by atoms with Crippen molar-refractivity contribution >= 4 is 82.2 Å². The van der Waals surface area contributed by atoms with E-state index in [0.29, 0.717) is 17.5 Å². The maximum absolute atomic E-state index is 12.6. The molecule has 4 heterocycles. The molecular weight excluding hydrogens is 540 g/mol. The molecule has 1 aliphatic rings. The number of thiophene rings is 1. The van der Waals surface area contributed by atoms with Gasteiger partial charge in [0, 0.05) is 36.2 Å². The second kappa shape index (κ2) is 12.4. The van der Waals surface area contributed by atoms with Crippen LogP contribution in [0.3, 0.4) is 0 Å². The van der Waals surface area contributed by atoms with Gasteiger partial charge in [-0.1, -0.05) is 23.2 Å². The molecule has 1 saturated heterocycles. The van der Waals surface area contributed by atoms with Crippen molar-refractivity contribution in [2.24, 2.45) is 13.0 Å². The Morgan fingerprint density at radius 1 is 1.32 bits per heavy atom. The van der Waals surface area contributed by atoms with Crippen LogP contribution in [-0.2, 0) is 29.6 Å². The summed E-state index contributed by atoms with van der Waals surface area (Å²) < 4.78 is 2.64. The highest BCUT2D eigenvalue weighted by molar-refractivity contribution is 7.16. The quantitative estimate of drug-likeness (QED) is 0.401. The molecular formula is C22H27Cl4N5O2S. The first-order valence-corrected chi connectivity index (χ1v) is 12.0. The lowest BCUT2D eigenvalue weighted by atomic mass is 10.0. The average molecular weight is 567 g/mol. The van der Waals surface area contributed by atoms with Crippen LogP contribution in [0.4, 0.5) is 0 Å². The second-order valence-electron chi connectivity index (χ2n) is 8.22. The van der Waals surface area contributed by atoms with E-state index in [0.717, 1.165) is 40.3 Å². The summed E-state index contributed by atoms with van der Waals surface area (Å²) in [6.45, 7) is 2.76. The van der Waals surface area contributed by atoms with Gasteiger partial charge in [-0.15, -0.1) is 36.2 Å². The zero-order valence-electron chi connectivity index (χ0n) is 18.6. The molecule has 12 heteroatoms. The fourth-order valence-electron chi connectivity index (χ4n) is 3.99. The molecule has 3 N–H and O–H groups in total. The Bertz CT molecular complexity index is 1150. The van der Waals surface area contributed by atoms with Gasteiger partial charge in [0.25, 0.3) is 0 Å². The predicted molar refractivity (Wildman–Crippen MR) is 143 cm³/mol. The molecule has 0 bridgehead atoms. The molecule has 3 aromatic heterocycles. The van der Waals surface area contributed by atoms with Gasteiger partial charge in [0.15, 0.2) is 0 Å². The smallest absolute Gasteiger partial charge is 0.242 e. The molecule has 0 radical (unpaired) electrons. The van der Waals surface area contributed by atoms with Gasteiger partial charge in [-0.05, 0) is 56.0 Å². The molecule has 0 spiro atoms. The minimum atomic E-state index is -0.642. The minimum Gasteiger partial charge on any atom is -0.350 e. The molecule has 7 nitrogen and oxygen atoms in total. The first-order valence-electron chi connectivity index (χ1n) is 10.4. The van der Waals surface area contributed by atoms with Gasteiger partial charge in [0.1, 0.15) is 11.7 Å². The van der Waals surface area contributed by atoms with Gasteiger partial charge < -0.3 is 20.5 Å². The van der Waals surface area contributed by atoms with Crippen molar-refractivity contribution in [2.75, 3.05) is 6.54 Å². The maximum Gasteiger partial charge on any atom is 0.242 e.